The highest BCUT2D eigenvalue weighted by Crippen LogP contribution is 2.58. The van der Waals surface area contributed by atoms with Crippen LogP contribution in [0, 0.1) is 0 Å². The summed E-state index contributed by atoms with van der Waals surface area (Å²) in [5, 5.41) is 33.8. The standard InChI is InChI=1S/C11H14F10O4/c12-7(13,1-5(24)3-22)9(16,17)11(20,21)10(18,19)8(14,15)2-6(25)4-23/h5-6,22-25H,1-4H2. The van der Waals surface area contributed by atoms with Crippen LogP contribution in [0.5, 0.6) is 0 Å². The second kappa shape index (κ2) is 7.40. The number of aliphatic hydroxyl groups excluding tert-OH is 4. The summed E-state index contributed by atoms with van der Waals surface area (Å²) in [4.78, 5) is 0. The zero-order chi connectivity index (χ0) is 20.5. The molecule has 4 N–H and O–H groups in total. The Morgan fingerprint density at radius 1 is 0.520 bits per heavy atom. The summed E-state index contributed by atoms with van der Waals surface area (Å²) in [5.74, 6) is -33.7. The van der Waals surface area contributed by atoms with Crippen molar-refractivity contribution in [1.29, 1.82) is 0 Å². The van der Waals surface area contributed by atoms with Crippen molar-refractivity contribution in [1.82, 2.24) is 0 Å². The Morgan fingerprint density at radius 3 is 0.960 bits per heavy atom. The molecule has 0 radical (unpaired) electrons. The molecule has 0 fully saturated rings. The lowest BCUT2D eigenvalue weighted by Crippen LogP contribution is -2.68. The molecule has 0 heterocycles. The van der Waals surface area contributed by atoms with Crippen molar-refractivity contribution in [3.63, 3.8) is 0 Å². The van der Waals surface area contributed by atoms with Crippen molar-refractivity contribution in [3.05, 3.63) is 0 Å². The van der Waals surface area contributed by atoms with Gasteiger partial charge in [-0.25, -0.2) is 0 Å². The molecular formula is C11H14F10O4. The summed E-state index contributed by atoms with van der Waals surface area (Å²) in [5.41, 5.74) is 0. The molecule has 4 nitrogen and oxygen atoms in total. The summed E-state index contributed by atoms with van der Waals surface area (Å²) in [6.45, 7) is -3.24. The van der Waals surface area contributed by atoms with Crippen LogP contribution in [0.3, 0.4) is 0 Å². The van der Waals surface area contributed by atoms with Crippen molar-refractivity contribution in [2.45, 2.75) is 54.7 Å². The Hall–Kier alpha value is -0.860. The van der Waals surface area contributed by atoms with E-state index < -0.39 is 67.9 Å². The number of aliphatic hydroxyl groups is 4. The predicted octanol–water partition coefficient (Wildman–Crippen LogP) is 1.65. The Labute approximate surface area is 133 Å². The van der Waals surface area contributed by atoms with Gasteiger partial charge in [0.25, 0.3) is 0 Å². The zero-order valence-corrected chi connectivity index (χ0v) is 12.1. The quantitative estimate of drug-likeness (QED) is 0.421. The normalized spacial score (nSPS) is 17.5. The van der Waals surface area contributed by atoms with Gasteiger partial charge in [0.2, 0.25) is 0 Å². The molecule has 2 unspecified atom stereocenters. The molecule has 0 saturated heterocycles. The molecule has 0 aliphatic carbocycles. The summed E-state index contributed by atoms with van der Waals surface area (Å²) >= 11 is 0. The van der Waals surface area contributed by atoms with Gasteiger partial charge >= 0.3 is 29.6 Å². The van der Waals surface area contributed by atoms with Gasteiger partial charge in [-0.2, -0.15) is 43.9 Å². The third kappa shape index (κ3) is 4.28. The smallest absolute Gasteiger partial charge is 0.384 e. The first kappa shape index (κ1) is 24.1. The van der Waals surface area contributed by atoms with Crippen LogP contribution in [0.15, 0.2) is 0 Å². The Bertz CT molecular complexity index is 405. The molecule has 2 atom stereocenters. The second-order valence-corrected chi connectivity index (χ2v) is 5.21. The maximum absolute atomic E-state index is 13.3. The molecule has 25 heavy (non-hydrogen) atoms. The van der Waals surface area contributed by atoms with Crippen LogP contribution >= 0.6 is 0 Å². The second-order valence-electron chi connectivity index (χ2n) is 5.21. The van der Waals surface area contributed by atoms with Crippen molar-refractivity contribution in [3.8, 4) is 0 Å². The van der Waals surface area contributed by atoms with E-state index in [0.717, 1.165) is 0 Å². The van der Waals surface area contributed by atoms with Crippen LogP contribution in [0.25, 0.3) is 0 Å². The van der Waals surface area contributed by atoms with E-state index in [-0.39, 0.29) is 0 Å². The monoisotopic (exact) mass is 400 g/mol. The fraction of sp³-hybridized carbons (Fsp3) is 1.00. The Balaban J connectivity index is 5.90. The lowest BCUT2D eigenvalue weighted by atomic mass is 9.90. The third-order valence-corrected chi connectivity index (χ3v) is 3.11. The first-order chi connectivity index (χ1) is 10.9. The minimum Gasteiger partial charge on any atom is -0.394 e. The van der Waals surface area contributed by atoms with Crippen molar-refractivity contribution in [2.75, 3.05) is 13.2 Å². The van der Waals surface area contributed by atoms with Gasteiger partial charge in [-0.05, 0) is 0 Å². The first-order valence-corrected chi connectivity index (χ1v) is 6.38. The highest BCUT2D eigenvalue weighted by atomic mass is 19.4. The van der Waals surface area contributed by atoms with Crippen molar-refractivity contribution < 1.29 is 64.3 Å². The van der Waals surface area contributed by atoms with Gasteiger partial charge in [0.1, 0.15) is 0 Å². The average molecular weight is 400 g/mol. The number of rotatable bonds is 10. The molecule has 0 amide bonds. The first-order valence-electron chi connectivity index (χ1n) is 6.38. The average Bonchev–Trinajstić information content (AvgIpc) is 2.45. The van der Waals surface area contributed by atoms with Gasteiger partial charge in [0.15, 0.2) is 0 Å². The van der Waals surface area contributed by atoms with Gasteiger partial charge in [-0.1, -0.05) is 0 Å². The number of halogens is 10. The highest BCUT2D eigenvalue weighted by molar-refractivity contribution is 5.09. The fourth-order valence-corrected chi connectivity index (χ4v) is 1.63. The van der Waals surface area contributed by atoms with E-state index >= 15 is 0 Å². The van der Waals surface area contributed by atoms with E-state index in [1.807, 2.05) is 0 Å². The van der Waals surface area contributed by atoms with Crippen LogP contribution in [0.4, 0.5) is 43.9 Å². The van der Waals surface area contributed by atoms with Crippen LogP contribution in [-0.2, 0) is 0 Å². The highest BCUT2D eigenvalue weighted by Gasteiger charge is 2.85. The predicted molar refractivity (Wildman–Crippen MR) is 60.2 cm³/mol. The van der Waals surface area contributed by atoms with Gasteiger partial charge in [-0.3, -0.25) is 0 Å². The van der Waals surface area contributed by atoms with Gasteiger partial charge < -0.3 is 20.4 Å². The molecular weight excluding hydrogens is 386 g/mol. The molecule has 0 bridgehead atoms. The molecule has 14 heteroatoms. The van der Waals surface area contributed by atoms with E-state index in [4.69, 9.17) is 20.4 Å². The largest absolute Gasteiger partial charge is 0.394 e. The molecule has 0 aromatic rings. The Morgan fingerprint density at radius 2 is 0.760 bits per heavy atom. The molecule has 0 spiro atoms. The molecule has 0 aliphatic heterocycles. The minimum absolute atomic E-state index is 1.62. The summed E-state index contributed by atoms with van der Waals surface area (Å²) in [6, 6.07) is 0. The minimum atomic E-state index is -7.32. The molecule has 152 valence electrons. The maximum Gasteiger partial charge on any atom is 0.384 e. The summed E-state index contributed by atoms with van der Waals surface area (Å²) in [7, 11) is 0. The number of hydrogen-bond acceptors (Lipinski definition) is 4. The van der Waals surface area contributed by atoms with E-state index in [9.17, 15) is 43.9 Å². The van der Waals surface area contributed by atoms with Gasteiger partial charge in [0, 0.05) is 12.8 Å². The molecule has 0 rings (SSSR count). The Kier molecular flexibility index (Phi) is 7.15. The molecule has 0 saturated carbocycles. The lowest BCUT2D eigenvalue weighted by molar-refractivity contribution is -0.405. The zero-order valence-electron chi connectivity index (χ0n) is 12.1. The van der Waals surface area contributed by atoms with E-state index in [0.29, 0.717) is 0 Å². The summed E-state index contributed by atoms with van der Waals surface area (Å²) < 4.78 is 133. The van der Waals surface area contributed by atoms with Crippen molar-refractivity contribution >= 4 is 0 Å². The van der Waals surface area contributed by atoms with E-state index in [1.54, 1.807) is 0 Å². The van der Waals surface area contributed by atoms with Crippen LogP contribution in [-0.4, -0.2) is 75.5 Å². The van der Waals surface area contributed by atoms with Crippen LogP contribution in [0.1, 0.15) is 12.8 Å². The number of alkyl halides is 10. The molecule has 0 aromatic heterocycles. The van der Waals surface area contributed by atoms with Crippen molar-refractivity contribution in [2.24, 2.45) is 0 Å². The maximum atomic E-state index is 13.3. The van der Waals surface area contributed by atoms with E-state index in [1.165, 1.54) is 0 Å². The molecule has 0 aliphatic rings. The third-order valence-electron chi connectivity index (χ3n) is 3.11. The topological polar surface area (TPSA) is 80.9 Å². The molecule has 0 aromatic carbocycles. The van der Waals surface area contributed by atoms with E-state index in [2.05, 4.69) is 0 Å². The van der Waals surface area contributed by atoms with Crippen LogP contribution < -0.4 is 0 Å². The van der Waals surface area contributed by atoms with Gasteiger partial charge in [-0.15, -0.1) is 0 Å². The fourth-order valence-electron chi connectivity index (χ4n) is 1.63. The number of hydrogen-bond donors (Lipinski definition) is 4. The SMILES string of the molecule is OCC(O)CC(F)(F)C(F)(F)C(F)(F)C(F)(F)C(F)(F)CC(O)CO. The summed E-state index contributed by atoms with van der Waals surface area (Å²) in [6.07, 6.45) is -10.7. The lowest BCUT2D eigenvalue weighted by Gasteiger charge is -2.40. The van der Waals surface area contributed by atoms with Crippen LogP contribution in [0.2, 0.25) is 0 Å². The van der Waals surface area contributed by atoms with Gasteiger partial charge in [0.05, 0.1) is 25.4 Å².